The predicted molar refractivity (Wildman–Crippen MR) is 111 cm³/mol. The Morgan fingerprint density at radius 2 is 2.03 bits per heavy atom. The van der Waals surface area contributed by atoms with Gasteiger partial charge in [0.1, 0.15) is 12.1 Å². The van der Waals surface area contributed by atoms with Gasteiger partial charge in [-0.3, -0.25) is 10.1 Å². The molecule has 3 aromatic rings. The predicted octanol–water partition coefficient (Wildman–Crippen LogP) is 2.97. The van der Waals surface area contributed by atoms with Gasteiger partial charge in [-0.05, 0) is 25.8 Å². The number of nitrogens with zero attached hydrogens (tertiary/aromatic N) is 2. The van der Waals surface area contributed by atoms with Crippen LogP contribution in [0, 0.1) is 5.82 Å². The number of aromatic nitrogens is 2. The molecule has 0 spiro atoms. The van der Waals surface area contributed by atoms with E-state index in [2.05, 4.69) is 25.9 Å². The van der Waals surface area contributed by atoms with Gasteiger partial charge in [-0.1, -0.05) is 18.2 Å². The molecule has 0 aliphatic heterocycles. The topological polar surface area (TPSA) is 116 Å². The Hall–Kier alpha value is -3.11. The van der Waals surface area contributed by atoms with Crippen LogP contribution in [0.5, 0.6) is 0 Å². The van der Waals surface area contributed by atoms with E-state index in [1.165, 1.54) is 42.8 Å². The molecule has 1 aromatic carbocycles. The maximum atomic E-state index is 14.2. The second-order valence-electron chi connectivity index (χ2n) is 7.14. The largest absolute Gasteiger partial charge is 0.391 e. The smallest absolute Gasteiger partial charge is 0.320 e. The van der Waals surface area contributed by atoms with Crippen molar-refractivity contribution in [2.75, 3.05) is 5.32 Å². The molecular formula is C20H20FN5O3S. The Morgan fingerprint density at radius 1 is 1.27 bits per heavy atom. The van der Waals surface area contributed by atoms with Gasteiger partial charge in [0, 0.05) is 17.0 Å². The molecule has 3 amide bonds. The number of aliphatic hydroxyl groups excluding tert-OH is 1. The number of fused-ring (bicyclic) bond motifs is 1. The summed E-state index contributed by atoms with van der Waals surface area (Å²) in [6.45, 7) is 1.48. The molecule has 8 nitrogen and oxygen atoms in total. The third-order valence-electron chi connectivity index (χ3n) is 4.75. The van der Waals surface area contributed by atoms with Gasteiger partial charge in [-0.25, -0.2) is 19.2 Å². The number of carbonyl (C=O) groups excluding carboxylic acids is 2. The fourth-order valence-corrected chi connectivity index (χ4v) is 4.01. The van der Waals surface area contributed by atoms with Gasteiger partial charge in [-0.2, -0.15) is 0 Å². The van der Waals surface area contributed by atoms with Gasteiger partial charge >= 0.3 is 6.03 Å². The van der Waals surface area contributed by atoms with Crippen LogP contribution >= 0.6 is 11.3 Å². The van der Waals surface area contributed by atoms with Crippen molar-refractivity contribution in [2.24, 2.45) is 0 Å². The van der Waals surface area contributed by atoms with Gasteiger partial charge in [-0.15, -0.1) is 11.3 Å². The normalized spacial score (nSPS) is 15.4. The summed E-state index contributed by atoms with van der Waals surface area (Å²) in [5.74, 6) is -0.722. The molecule has 2 atom stereocenters. The summed E-state index contributed by atoms with van der Waals surface area (Å²) in [6, 6.07) is 4.87. The number of hydrogen-bond acceptors (Lipinski definition) is 6. The average molecular weight is 429 g/mol. The summed E-state index contributed by atoms with van der Waals surface area (Å²) in [7, 11) is 0. The molecule has 0 bridgehead atoms. The molecule has 1 saturated carbocycles. The Morgan fingerprint density at radius 3 is 2.73 bits per heavy atom. The standard InChI is InChI=1S/C20H20FN5O3S/c1-10(27)15(12-4-2-3-5-14(12)21)25-19(28)13-8-30-17-16(13)22-9-23-18(17)26-20(29)24-11-6-7-11/h2-5,8-11,15,27H,6-7H2,1H3,(H,25,28)(H2,22,23,24,26,29)/t10-,15-/m1/s1. The molecule has 30 heavy (non-hydrogen) atoms. The van der Waals surface area contributed by atoms with E-state index in [1.807, 2.05) is 0 Å². The maximum absolute atomic E-state index is 14.2. The lowest BCUT2D eigenvalue weighted by Gasteiger charge is -2.22. The summed E-state index contributed by atoms with van der Waals surface area (Å²) < 4.78 is 14.7. The van der Waals surface area contributed by atoms with Crippen LogP contribution in [0.15, 0.2) is 36.0 Å². The Bertz CT molecular complexity index is 1100. The molecule has 2 aromatic heterocycles. The van der Waals surface area contributed by atoms with Crippen LogP contribution in [0.1, 0.15) is 41.7 Å². The number of urea groups is 1. The van der Waals surface area contributed by atoms with Crippen LogP contribution in [-0.2, 0) is 0 Å². The molecule has 1 aliphatic carbocycles. The number of rotatable bonds is 6. The Balaban J connectivity index is 1.58. The number of benzene rings is 1. The van der Waals surface area contributed by atoms with Crippen LogP contribution in [0.2, 0.25) is 0 Å². The van der Waals surface area contributed by atoms with Gasteiger partial charge in [0.15, 0.2) is 5.82 Å². The van der Waals surface area contributed by atoms with Crippen LogP contribution in [0.25, 0.3) is 10.2 Å². The van der Waals surface area contributed by atoms with E-state index in [1.54, 1.807) is 11.4 Å². The lowest BCUT2D eigenvalue weighted by atomic mass is 10.0. The number of aliphatic hydroxyl groups is 1. The monoisotopic (exact) mass is 429 g/mol. The van der Waals surface area contributed by atoms with E-state index in [9.17, 15) is 19.1 Å². The summed E-state index contributed by atoms with van der Waals surface area (Å²) >= 11 is 1.21. The van der Waals surface area contributed by atoms with Gasteiger partial charge in [0.25, 0.3) is 5.91 Å². The summed E-state index contributed by atoms with van der Waals surface area (Å²) in [5, 5.41) is 19.9. The number of hydrogen-bond donors (Lipinski definition) is 4. The molecule has 0 saturated heterocycles. The second-order valence-corrected chi connectivity index (χ2v) is 8.02. The van der Waals surface area contributed by atoms with Crippen LogP contribution < -0.4 is 16.0 Å². The average Bonchev–Trinajstić information content (AvgIpc) is 3.41. The number of anilines is 1. The van der Waals surface area contributed by atoms with Gasteiger partial charge in [0.2, 0.25) is 0 Å². The quantitative estimate of drug-likeness (QED) is 0.481. The fraction of sp³-hybridized carbons (Fsp3) is 0.300. The molecule has 1 fully saturated rings. The molecule has 10 heteroatoms. The molecule has 156 valence electrons. The number of carbonyl (C=O) groups is 2. The Kier molecular flexibility index (Phi) is 5.60. The van der Waals surface area contributed by atoms with Crippen LogP contribution in [0.3, 0.4) is 0 Å². The summed E-state index contributed by atoms with van der Waals surface area (Å²) in [5.41, 5.74) is 0.811. The van der Waals surface area contributed by atoms with Gasteiger partial charge < -0.3 is 15.7 Å². The third kappa shape index (κ3) is 4.24. The minimum absolute atomic E-state index is 0.189. The zero-order valence-corrected chi connectivity index (χ0v) is 16.9. The number of amides is 3. The van der Waals surface area contributed by atoms with E-state index < -0.39 is 23.9 Å². The molecule has 0 radical (unpaired) electrons. The number of thiophene rings is 1. The summed E-state index contributed by atoms with van der Waals surface area (Å²) in [6.07, 6.45) is 2.17. The van der Waals surface area contributed by atoms with Crippen molar-refractivity contribution >= 4 is 39.3 Å². The first-order valence-corrected chi connectivity index (χ1v) is 10.3. The third-order valence-corrected chi connectivity index (χ3v) is 5.73. The van der Waals surface area contributed by atoms with E-state index >= 15 is 0 Å². The van der Waals surface area contributed by atoms with Crippen molar-refractivity contribution in [1.29, 1.82) is 0 Å². The van der Waals surface area contributed by atoms with Crippen LogP contribution in [0.4, 0.5) is 15.0 Å². The summed E-state index contributed by atoms with van der Waals surface area (Å²) in [4.78, 5) is 33.2. The Labute approximate surface area is 175 Å². The molecule has 2 heterocycles. The number of halogens is 1. The highest BCUT2D eigenvalue weighted by atomic mass is 32.1. The van der Waals surface area contributed by atoms with Crippen molar-refractivity contribution in [1.82, 2.24) is 20.6 Å². The SMILES string of the molecule is C[C@@H](O)[C@@H](NC(=O)c1csc2c(NC(=O)NC3CC3)ncnc12)c1ccccc1F. The van der Waals surface area contributed by atoms with E-state index in [4.69, 9.17) is 0 Å². The van der Waals surface area contributed by atoms with Crippen LogP contribution in [-0.4, -0.2) is 39.2 Å². The first kappa shape index (κ1) is 20.2. The van der Waals surface area contributed by atoms with E-state index in [0.717, 1.165) is 12.8 Å². The zero-order valence-electron chi connectivity index (χ0n) is 16.1. The fourth-order valence-electron chi connectivity index (χ4n) is 3.06. The molecule has 4 rings (SSSR count). The van der Waals surface area contributed by atoms with Crippen molar-refractivity contribution < 1.29 is 19.1 Å². The minimum Gasteiger partial charge on any atom is -0.391 e. The van der Waals surface area contributed by atoms with Crippen molar-refractivity contribution in [3.8, 4) is 0 Å². The lowest BCUT2D eigenvalue weighted by Crippen LogP contribution is -2.35. The molecule has 4 N–H and O–H groups in total. The van der Waals surface area contributed by atoms with Gasteiger partial charge in [0.05, 0.1) is 27.9 Å². The maximum Gasteiger partial charge on any atom is 0.320 e. The first-order valence-electron chi connectivity index (χ1n) is 9.47. The lowest BCUT2D eigenvalue weighted by molar-refractivity contribution is 0.0857. The van der Waals surface area contributed by atoms with E-state index in [-0.39, 0.29) is 23.2 Å². The highest BCUT2D eigenvalue weighted by Gasteiger charge is 2.26. The number of nitrogens with one attached hydrogen (secondary N) is 3. The molecule has 0 unspecified atom stereocenters. The van der Waals surface area contributed by atoms with E-state index in [0.29, 0.717) is 16.0 Å². The molecule has 1 aliphatic rings. The van der Waals surface area contributed by atoms with Crippen molar-refractivity contribution in [3.05, 3.63) is 52.9 Å². The molecular weight excluding hydrogens is 409 g/mol. The highest BCUT2D eigenvalue weighted by molar-refractivity contribution is 7.18. The van der Waals surface area contributed by atoms with Crippen molar-refractivity contribution in [2.45, 2.75) is 38.0 Å². The van der Waals surface area contributed by atoms with Crippen molar-refractivity contribution in [3.63, 3.8) is 0 Å². The first-order chi connectivity index (χ1) is 14.4. The minimum atomic E-state index is -1.02. The zero-order chi connectivity index (χ0) is 21.3. The highest BCUT2D eigenvalue weighted by Crippen LogP contribution is 2.30. The second kappa shape index (κ2) is 8.33.